The van der Waals surface area contributed by atoms with Crippen LogP contribution in [0.4, 0.5) is 0 Å². The Balaban J connectivity index is 2.34. The first-order chi connectivity index (χ1) is 8.80. The molecular weight excluding hydrogens is 233 g/mol. The van der Waals surface area contributed by atoms with E-state index in [2.05, 4.69) is 5.32 Å². The fraction of sp³-hybridized carbons (Fsp3) is 0.500. The van der Waals surface area contributed by atoms with Gasteiger partial charge in [-0.3, -0.25) is 0 Å². The molecule has 1 unspecified atom stereocenters. The maximum Gasteiger partial charge on any atom is 0.175 e. The fourth-order valence-corrected chi connectivity index (χ4v) is 2.29. The van der Waals surface area contributed by atoms with Crippen LogP contribution in [0.5, 0.6) is 11.5 Å². The zero-order chi connectivity index (χ0) is 14.3. The normalized spacial score (nSPS) is 18.2. The minimum absolute atomic E-state index is 0.0756. The second-order valence-corrected chi connectivity index (χ2v) is 4.77. The molecule has 1 atom stereocenters. The van der Waals surface area contributed by atoms with Gasteiger partial charge in [0.15, 0.2) is 32.8 Å². The predicted molar refractivity (Wildman–Crippen MR) is 78.3 cm³/mol. The number of benzene rings is 1. The van der Waals surface area contributed by atoms with E-state index < -0.39 is 10.8 Å². The number of fused-ring (bicyclic) bond motifs is 1. The maximum atomic E-state index is 6.22. The van der Waals surface area contributed by atoms with Crippen LogP contribution >= 0.6 is 0 Å². The molecule has 1 aromatic rings. The van der Waals surface area contributed by atoms with Crippen LogP contribution in [0.3, 0.4) is 0 Å². The van der Waals surface area contributed by atoms with Crippen molar-refractivity contribution in [1.82, 2.24) is 5.32 Å². The summed E-state index contributed by atoms with van der Waals surface area (Å²) < 4.78 is 10.5. The SMILES string of the molecule is [B]C1([B])Oc2ccc(C([B])([B])C(CC)NC)cc2O1. The second kappa shape index (κ2) is 4.86. The smallest absolute Gasteiger partial charge is 0.175 e. The van der Waals surface area contributed by atoms with E-state index in [9.17, 15) is 0 Å². The highest BCUT2D eigenvalue weighted by molar-refractivity contribution is 6.41. The van der Waals surface area contributed by atoms with Crippen LogP contribution in [0.2, 0.25) is 0 Å². The Morgan fingerprint density at radius 1 is 1.26 bits per heavy atom. The lowest BCUT2D eigenvalue weighted by Gasteiger charge is -2.35. The second-order valence-electron chi connectivity index (χ2n) is 4.77. The van der Waals surface area contributed by atoms with Crippen molar-refractivity contribution in [3.63, 3.8) is 0 Å². The van der Waals surface area contributed by atoms with Crippen molar-refractivity contribution in [3.8, 4) is 11.5 Å². The summed E-state index contributed by atoms with van der Waals surface area (Å²) in [6.07, 6.45) is 0.787. The highest BCUT2D eigenvalue weighted by Gasteiger charge is 2.33. The number of rotatable bonds is 4. The molecule has 0 fully saturated rings. The molecular formula is C12H13B4NO2. The Hall–Kier alpha value is -0.960. The summed E-state index contributed by atoms with van der Waals surface area (Å²) >= 11 is 0. The van der Waals surface area contributed by atoms with Crippen LogP contribution in [-0.4, -0.2) is 50.1 Å². The molecule has 1 aliphatic rings. The minimum atomic E-state index is -1.64. The van der Waals surface area contributed by atoms with Crippen molar-refractivity contribution in [2.24, 2.45) is 0 Å². The van der Waals surface area contributed by atoms with Crippen molar-refractivity contribution in [3.05, 3.63) is 23.8 Å². The number of ether oxygens (including phenoxy) is 2. The molecule has 1 aromatic carbocycles. The zero-order valence-electron chi connectivity index (χ0n) is 11.1. The summed E-state index contributed by atoms with van der Waals surface area (Å²) in [6.45, 7) is 2.01. The van der Waals surface area contributed by atoms with Crippen LogP contribution < -0.4 is 14.8 Å². The van der Waals surface area contributed by atoms with Crippen molar-refractivity contribution in [2.75, 3.05) is 7.05 Å². The van der Waals surface area contributed by atoms with Gasteiger partial charge in [0, 0.05) is 6.04 Å². The van der Waals surface area contributed by atoms with Gasteiger partial charge in [0.25, 0.3) is 0 Å². The Bertz CT molecular complexity index is 475. The molecule has 2 rings (SSSR count). The molecule has 0 aromatic heterocycles. The van der Waals surface area contributed by atoms with Crippen molar-refractivity contribution < 1.29 is 9.47 Å². The molecule has 7 heteroatoms. The molecule has 8 radical (unpaired) electrons. The third-order valence-corrected chi connectivity index (χ3v) is 3.32. The molecule has 0 aliphatic carbocycles. The first-order valence-corrected chi connectivity index (χ1v) is 6.15. The number of likely N-dealkylation sites (N-methyl/N-ethyl adjacent to an activating group) is 1. The molecule has 3 nitrogen and oxygen atoms in total. The van der Waals surface area contributed by atoms with Gasteiger partial charge >= 0.3 is 0 Å². The minimum Gasteiger partial charge on any atom is -0.468 e. The summed E-state index contributed by atoms with van der Waals surface area (Å²) in [4.78, 5) is 0. The van der Waals surface area contributed by atoms with Gasteiger partial charge in [-0.05, 0) is 25.6 Å². The van der Waals surface area contributed by atoms with Gasteiger partial charge in [0.1, 0.15) is 0 Å². The van der Waals surface area contributed by atoms with Gasteiger partial charge in [0.2, 0.25) is 0 Å². The lowest BCUT2D eigenvalue weighted by atomic mass is 9.47. The number of hydrogen-bond donors (Lipinski definition) is 1. The monoisotopic (exact) mass is 247 g/mol. The van der Waals surface area contributed by atoms with Crippen LogP contribution in [0.25, 0.3) is 0 Å². The topological polar surface area (TPSA) is 30.5 Å². The largest absolute Gasteiger partial charge is 0.468 e. The lowest BCUT2D eigenvalue weighted by Crippen LogP contribution is -2.48. The molecule has 0 saturated carbocycles. The van der Waals surface area contributed by atoms with Gasteiger partial charge in [0.05, 0.1) is 15.7 Å². The van der Waals surface area contributed by atoms with E-state index in [1.54, 1.807) is 18.2 Å². The van der Waals surface area contributed by atoms with E-state index in [4.69, 9.17) is 40.9 Å². The number of hydrogen-bond acceptors (Lipinski definition) is 3. The number of nitrogens with one attached hydrogen (secondary N) is 1. The van der Waals surface area contributed by atoms with Crippen molar-refractivity contribution in [1.29, 1.82) is 0 Å². The highest BCUT2D eigenvalue weighted by atomic mass is 16.7. The van der Waals surface area contributed by atoms with Gasteiger partial charge in [-0.2, -0.15) is 0 Å². The van der Waals surface area contributed by atoms with E-state index in [0.29, 0.717) is 17.1 Å². The first kappa shape index (κ1) is 14.4. The van der Waals surface area contributed by atoms with Crippen LogP contribution in [0.15, 0.2) is 18.2 Å². The van der Waals surface area contributed by atoms with Crippen LogP contribution in [0, 0.1) is 0 Å². The van der Waals surface area contributed by atoms with E-state index in [-0.39, 0.29) is 6.04 Å². The quantitative estimate of drug-likeness (QED) is 0.752. The summed E-state index contributed by atoms with van der Waals surface area (Å²) in [7, 11) is 25.4. The third-order valence-electron chi connectivity index (χ3n) is 3.32. The summed E-state index contributed by atoms with van der Waals surface area (Å²) in [6, 6.07) is 5.11. The highest BCUT2D eigenvalue weighted by Crippen LogP contribution is 2.39. The van der Waals surface area contributed by atoms with Crippen LogP contribution in [0.1, 0.15) is 18.9 Å². The molecule has 0 amide bonds. The fourth-order valence-electron chi connectivity index (χ4n) is 2.29. The summed E-state index contributed by atoms with van der Waals surface area (Å²) in [5.74, 6) is 0.913. The molecule has 1 N–H and O–H groups in total. The maximum absolute atomic E-state index is 6.22. The standard InChI is InChI=1S/C12H13B4NO2/c1-3-10(17-2)11(13,14)7-4-5-8-9(6-7)19-12(15,16)18-8/h4-6,10,17H,3H2,1-2H3. The van der Waals surface area contributed by atoms with Gasteiger partial charge < -0.3 is 14.8 Å². The van der Waals surface area contributed by atoms with Crippen molar-refractivity contribution >= 4 is 31.4 Å². The predicted octanol–water partition coefficient (Wildman–Crippen LogP) is -0.106. The molecule has 0 spiro atoms. The van der Waals surface area contributed by atoms with E-state index in [1.807, 2.05) is 14.0 Å². The zero-order valence-corrected chi connectivity index (χ0v) is 11.1. The summed E-state index contributed by atoms with van der Waals surface area (Å²) in [5, 5.41) is 2.07. The molecule has 1 aliphatic heterocycles. The Labute approximate surface area is 119 Å². The Kier molecular flexibility index (Phi) is 3.69. The van der Waals surface area contributed by atoms with E-state index in [0.717, 1.165) is 6.42 Å². The molecule has 0 bridgehead atoms. The van der Waals surface area contributed by atoms with Crippen molar-refractivity contribution in [2.45, 2.75) is 30.2 Å². The average Bonchev–Trinajstić information content (AvgIpc) is 2.62. The van der Waals surface area contributed by atoms with E-state index >= 15 is 0 Å². The molecule has 1 heterocycles. The molecule has 19 heavy (non-hydrogen) atoms. The lowest BCUT2D eigenvalue weighted by molar-refractivity contribution is 0.0833. The van der Waals surface area contributed by atoms with Gasteiger partial charge in [-0.15, -0.1) is 0 Å². The van der Waals surface area contributed by atoms with Gasteiger partial charge in [-0.25, -0.2) is 0 Å². The molecule has 0 saturated heterocycles. The van der Waals surface area contributed by atoms with E-state index in [1.165, 1.54) is 0 Å². The van der Waals surface area contributed by atoms with Gasteiger partial charge in [-0.1, -0.05) is 23.8 Å². The Morgan fingerprint density at radius 2 is 1.89 bits per heavy atom. The van der Waals surface area contributed by atoms with Crippen LogP contribution in [-0.2, 0) is 5.21 Å². The Morgan fingerprint density at radius 3 is 2.47 bits per heavy atom. The average molecular weight is 246 g/mol. The third kappa shape index (κ3) is 2.66. The molecule has 90 valence electrons. The first-order valence-electron chi connectivity index (χ1n) is 6.15. The summed E-state index contributed by atoms with van der Waals surface area (Å²) in [5.41, 5.74) is -0.922.